The summed E-state index contributed by atoms with van der Waals surface area (Å²) in [7, 11) is 0. The fraction of sp³-hybridized carbons (Fsp3) is 0.450. The highest BCUT2D eigenvalue weighted by atomic mass is 32.2. The molecule has 0 aliphatic rings. The molecule has 5 nitrogen and oxygen atoms in total. The lowest BCUT2D eigenvalue weighted by molar-refractivity contribution is -0.142. The highest BCUT2D eigenvalue weighted by Crippen LogP contribution is 2.27. The van der Waals surface area contributed by atoms with E-state index in [2.05, 4.69) is 29.4 Å². The molecule has 2 rings (SSSR count). The van der Waals surface area contributed by atoms with Crippen molar-refractivity contribution in [3.63, 3.8) is 0 Å². The number of hydrogen-bond donors (Lipinski definition) is 1. The predicted molar refractivity (Wildman–Crippen MR) is 110 cm³/mol. The van der Waals surface area contributed by atoms with E-state index in [1.807, 2.05) is 30.5 Å². The van der Waals surface area contributed by atoms with Gasteiger partial charge in [-0.2, -0.15) is 0 Å². The van der Waals surface area contributed by atoms with Crippen LogP contribution in [-0.4, -0.2) is 35.3 Å². The fourth-order valence-corrected chi connectivity index (χ4v) is 4.58. The summed E-state index contributed by atoms with van der Waals surface area (Å²) in [6.07, 6.45) is 1.14. The SMILES string of the molecule is CCOC(=O)Cc1csc(S[C@H](C)C(=O)NC[C@H](CC)c2ccccc2)n1. The number of esters is 1. The van der Waals surface area contributed by atoms with Crippen LogP contribution in [-0.2, 0) is 20.7 Å². The van der Waals surface area contributed by atoms with E-state index in [0.717, 1.165) is 10.8 Å². The summed E-state index contributed by atoms with van der Waals surface area (Å²) in [6.45, 7) is 6.76. The monoisotopic (exact) mass is 406 g/mol. The van der Waals surface area contributed by atoms with Gasteiger partial charge in [-0.15, -0.1) is 11.3 Å². The molecular formula is C20H26N2O3S2. The maximum absolute atomic E-state index is 12.4. The van der Waals surface area contributed by atoms with E-state index in [1.54, 1.807) is 6.92 Å². The summed E-state index contributed by atoms with van der Waals surface area (Å²) in [5, 5.41) is 4.64. The molecule has 1 amide bonds. The topological polar surface area (TPSA) is 68.3 Å². The van der Waals surface area contributed by atoms with Gasteiger partial charge < -0.3 is 10.1 Å². The molecule has 0 fully saturated rings. The number of aromatic nitrogens is 1. The Morgan fingerprint density at radius 3 is 2.67 bits per heavy atom. The lowest BCUT2D eigenvalue weighted by atomic mass is 9.96. The van der Waals surface area contributed by atoms with Gasteiger partial charge in [0, 0.05) is 17.8 Å². The summed E-state index contributed by atoms with van der Waals surface area (Å²) in [6, 6.07) is 10.2. The number of carbonyl (C=O) groups excluding carboxylic acids is 2. The van der Waals surface area contributed by atoms with Crippen molar-refractivity contribution in [2.75, 3.05) is 13.2 Å². The number of hydrogen-bond acceptors (Lipinski definition) is 6. The van der Waals surface area contributed by atoms with Crippen LogP contribution in [0.3, 0.4) is 0 Å². The Labute approximate surface area is 168 Å². The van der Waals surface area contributed by atoms with Crippen LogP contribution >= 0.6 is 23.1 Å². The number of carbonyl (C=O) groups is 2. The minimum Gasteiger partial charge on any atom is -0.466 e. The van der Waals surface area contributed by atoms with E-state index in [0.29, 0.717) is 24.8 Å². The van der Waals surface area contributed by atoms with Crippen molar-refractivity contribution in [1.29, 1.82) is 0 Å². The largest absolute Gasteiger partial charge is 0.466 e. The number of nitrogens with zero attached hydrogens (tertiary/aromatic N) is 1. The number of benzene rings is 1. The molecule has 2 aromatic rings. The summed E-state index contributed by atoms with van der Waals surface area (Å²) in [4.78, 5) is 28.4. The molecule has 0 saturated carbocycles. The molecule has 0 saturated heterocycles. The summed E-state index contributed by atoms with van der Waals surface area (Å²) in [5.41, 5.74) is 1.92. The van der Waals surface area contributed by atoms with Gasteiger partial charge in [-0.25, -0.2) is 4.98 Å². The van der Waals surface area contributed by atoms with Gasteiger partial charge in [0.2, 0.25) is 5.91 Å². The first-order valence-corrected chi connectivity index (χ1v) is 10.9. The third kappa shape index (κ3) is 6.99. The molecule has 0 radical (unpaired) electrons. The van der Waals surface area contributed by atoms with Crippen LogP contribution in [0.25, 0.3) is 0 Å². The summed E-state index contributed by atoms with van der Waals surface area (Å²) in [5.74, 6) is 0.0246. The highest BCUT2D eigenvalue weighted by molar-refractivity contribution is 8.02. The van der Waals surface area contributed by atoms with E-state index < -0.39 is 0 Å². The number of thioether (sulfide) groups is 1. The standard InChI is InChI=1S/C20H26N2O3S2/c1-4-15(16-9-7-6-8-10-16)12-21-19(24)14(3)27-20-22-17(13-26-20)11-18(23)25-5-2/h6-10,13-15H,4-5,11-12H2,1-3H3,(H,21,24)/t14-,15+/m1/s1. The molecule has 1 heterocycles. The quantitative estimate of drug-likeness (QED) is 0.476. The molecule has 0 aliphatic carbocycles. The number of nitrogens with one attached hydrogen (secondary N) is 1. The molecule has 1 N–H and O–H groups in total. The van der Waals surface area contributed by atoms with Gasteiger partial charge in [-0.1, -0.05) is 49.0 Å². The minimum absolute atomic E-state index is 0.00322. The maximum Gasteiger partial charge on any atom is 0.311 e. The van der Waals surface area contributed by atoms with Gasteiger partial charge in [-0.3, -0.25) is 9.59 Å². The van der Waals surface area contributed by atoms with Crippen LogP contribution < -0.4 is 5.32 Å². The molecule has 27 heavy (non-hydrogen) atoms. The van der Waals surface area contributed by atoms with Crippen molar-refractivity contribution in [3.05, 3.63) is 47.0 Å². The van der Waals surface area contributed by atoms with Crippen LogP contribution in [0.2, 0.25) is 0 Å². The number of amides is 1. The molecule has 1 aromatic heterocycles. The average molecular weight is 407 g/mol. The molecule has 0 bridgehead atoms. The second-order valence-electron chi connectivity index (χ2n) is 6.11. The predicted octanol–water partition coefficient (Wildman–Crippen LogP) is 4.04. The zero-order valence-electron chi connectivity index (χ0n) is 15.9. The Morgan fingerprint density at radius 2 is 2.00 bits per heavy atom. The summed E-state index contributed by atoms with van der Waals surface area (Å²) >= 11 is 2.86. The van der Waals surface area contributed by atoms with Crippen molar-refractivity contribution in [3.8, 4) is 0 Å². The van der Waals surface area contributed by atoms with Gasteiger partial charge >= 0.3 is 5.97 Å². The Balaban J connectivity index is 1.83. The Kier molecular flexibility index (Phi) is 8.81. The van der Waals surface area contributed by atoms with Crippen molar-refractivity contribution in [2.24, 2.45) is 0 Å². The first-order chi connectivity index (χ1) is 13.0. The second kappa shape index (κ2) is 11.1. The fourth-order valence-electron chi connectivity index (χ4n) is 2.58. The van der Waals surface area contributed by atoms with E-state index in [-0.39, 0.29) is 23.5 Å². The van der Waals surface area contributed by atoms with Crippen LogP contribution in [0.5, 0.6) is 0 Å². The van der Waals surface area contributed by atoms with Gasteiger partial charge in [0.05, 0.1) is 24.0 Å². The zero-order chi connectivity index (χ0) is 19.6. The highest BCUT2D eigenvalue weighted by Gasteiger charge is 2.18. The molecule has 7 heteroatoms. The third-order valence-corrected chi connectivity index (χ3v) is 6.22. The normalized spacial score (nSPS) is 13.0. The van der Waals surface area contributed by atoms with Crippen molar-refractivity contribution in [2.45, 2.75) is 49.1 Å². The van der Waals surface area contributed by atoms with E-state index in [9.17, 15) is 9.59 Å². The molecule has 0 aliphatic heterocycles. The van der Waals surface area contributed by atoms with E-state index in [4.69, 9.17) is 4.74 Å². The summed E-state index contributed by atoms with van der Waals surface area (Å²) < 4.78 is 5.71. The molecular weight excluding hydrogens is 380 g/mol. The Bertz CT molecular complexity index is 734. The van der Waals surface area contributed by atoms with Crippen molar-refractivity contribution >= 4 is 35.0 Å². The van der Waals surface area contributed by atoms with Gasteiger partial charge in [0.1, 0.15) is 0 Å². The number of thiazole rings is 1. The second-order valence-corrected chi connectivity index (χ2v) is 8.55. The van der Waals surface area contributed by atoms with Crippen LogP contribution in [0.4, 0.5) is 0 Å². The number of rotatable bonds is 10. The maximum atomic E-state index is 12.4. The first-order valence-electron chi connectivity index (χ1n) is 9.12. The van der Waals surface area contributed by atoms with Crippen LogP contribution in [0, 0.1) is 0 Å². The Morgan fingerprint density at radius 1 is 1.26 bits per heavy atom. The number of ether oxygens (including phenoxy) is 1. The minimum atomic E-state index is -0.281. The van der Waals surface area contributed by atoms with Gasteiger partial charge in [0.15, 0.2) is 4.34 Å². The third-order valence-electron chi connectivity index (χ3n) is 4.09. The zero-order valence-corrected chi connectivity index (χ0v) is 17.6. The molecule has 2 atom stereocenters. The first kappa shape index (κ1) is 21.4. The van der Waals surface area contributed by atoms with Crippen LogP contribution in [0.1, 0.15) is 44.4 Å². The van der Waals surface area contributed by atoms with Crippen molar-refractivity contribution < 1.29 is 14.3 Å². The Hall–Kier alpha value is -1.86. The van der Waals surface area contributed by atoms with Gasteiger partial charge in [0.25, 0.3) is 0 Å². The van der Waals surface area contributed by atoms with E-state index in [1.165, 1.54) is 28.7 Å². The smallest absolute Gasteiger partial charge is 0.311 e. The molecule has 1 aromatic carbocycles. The van der Waals surface area contributed by atoms with Gasteiger partial charge in [-0.05, 0) is 25.8 Å². The lowest BCUT2D eigenvalue weighted by Crippen LogP contribution is -2.34. The molecule has 0 spiro atoms. The molecule has 0 unspecified atom stereocenters. The van der Waals surface area contributed by atoms with Crippen molar-refractivity contribution in [1.82, 2.24) is 10.3 Å². The molecule has 146 valence electrons. The van der Waals surface area contributed by atoms with E-state index >= 15 is 0 Å². The lowest BCUT2D eigenvalue weighted by Gasteiger charge is -2.17. The average Bonchev–Trinajstić information content (AvgIpc) is 3.09. The van der Waals surface area contributed by atoms with Crippen LogP contribution in [0.15, 0.2) is 40.1 Å².